The van der Waals surface area contributed by atoms with Crippen molar-refractivity contribution in [3.63, 3.8) is 0 Å². The molecule has 0 aliphatic carbocycles. The fourth-order valence-corrected chi connectivity index (χ4v) is 1.39. The SMILES string of the molecule is CCCN(C)CC(=O)C(CC(=O)O)NC. The van der Waals surface area contributed by atoms with Gasteiger partial charge in [-0.3, -0.25) is 14.5 Å². The normalized spacial score (nSPS) is 12.8. The van der Waals surface area contributed by atoms with E-state index in [2.05, 4.69) is 5.32 Å². The maximum atomic E-state index is 11.6. The molecule has 0 rings (SSSR count). The van der Waals surface area contributed by atoms with Crippen LogP contribution in [0.1, 0.15) is 19.8 Å². The minimum Gasteiger partial charge on any atom is -0.481 e. The summed E-state index contributed by atoms with van der Waals surface area (Å²) in [7, 11) is 3.46. The van der Waals surface area contributed by atoms with E-state index in [1.54, 1.807) is 7.05 Å². The van der Waals surface area contributed by atoms with Crippen molar-refractivity contribution in [2.75, 3.05) is 27.2 Å². The van der Waals surface area contributed by atoms with Crippen LogP contribution in [0.5, 0.6) is 0 Å². The van der Waals surface area contributed by atoms with Crippen LogP contribution in [0.3, 0.4) is 0 Å². The second-order valence-corrected chi connectivity index (χ2v) is 3.64. The third kappa shape index (κ3) is 6.19. The minimum absolute atomic E-state index is 0.0733. The molecule has 0 amide bonds. The average Bonchev–Trinajstić information content (AvgIpc) is 2.13. The zero-order valence-electron chi connectivity index (χ0n) is 9.62. The monoisotopic (exact) mass is 216 g/mol. The highest BCUT2D eigenvalue weighted by molar-refractivity contribution is 5.89. The Kier molecular flexibility index (Phi) is 6.90. The number of rotatable bonds is 8. The molecule has 5 heteroatoms. The Labute approximate surface area is 90.5 Å². The largest absolute Gasteiger partial charge is 0.481 e. The van der Waals surface area contributed by atoms with Gasteiger partial charge in [-0.15, -0.1) is 0 Å². The Morgan fingerprint density at radius 3 is 2.47 bits per heavy atom. The van der Waals surface area contributed by atoms with Gasteiger partial charge in [-0.05, 0) is 27.1 Å². The lowest BCUT2D eigenvalue weighted by molar-refractivity contribution is -0.139. The summed E-state index contributed by atoms with van der Waals surface area (Å²) in [5, 5.41) is 11.3. The maximum absolute atomic E-state index is 11.6. The number of Topliss-reactive ketones (excluding diaryl/α,β-unsaturated/α-hetero) is 1. The molecular weight excluding hydrogens is 196 g/mol. The van der Waals surface area contributed by atoms with Gasteiger partial charge >= 0.3 is 5.97 Å². The molecule has 2 N–H and O–H groups in total. The molecule has 0 fully saturated rings. The smallest absolute Gasteiger partial charge is 0.305 e. The zero-order chi connectivity index (χ0) is 11.8. The number of carbonyl (C=O) groups is 2. The number of aliphatic carboxylic acids is 1. The summed E-state index contributed by atoms with van der Waals surface area (Å²) in [5.41, 5.74) is 0. The third-order valence-electron chi connectivity index (χ3n) is 2.15. The molecule has 15 heavy (non-hydrogen) atoms. The van der Waals surface area contributed by atoms with Gasteiger partial charge in [-0.25, -0.2) is 0 Å². The van der Waals surface area contributed by atoms with Gasteiger partial charge < -0.3 is 10.4 Å². The molecule has 88 valence electrons. The van der Waals surface area contributed by atoms with E-state index >= 15 is 0 Å². The van der Waals surface area contributed by atoms with Crippen LogP contribution in [0.4, 0.5) is 0 Å². The molecule has 0 aromatic heterocycles. The van der Waals surface area contributed by atoms with E-state index in [4.69, 9.17) is 5.11 Å². The summed E-state index contributed by atoms with van der Waals surface area (Å²) in [6, 6.07) is -0.582. The lowest BCUT2D eigenvalue weighted by Crippen LogP contribution is -2.42. The van der Waals surface area contributed by atoms with Crippen molar-refractivity contribution < 1.29 is 14.7 Å². The summed E-state index contributed by atoms with van der Waals surface area (Å²) in [5.74, 6) is -1.03. The number of carboxylic acids is 1. The van der Waals surface area contributed by atoms with Crippen LogP contribution in [0.2, 0.25) is 0 Å². The Morgan fingerprint density at radius 2 is 2.07 bits per heavy atom. The Hall–Kier alpha value is -0.940. The molecule has 0 saturated heterocycles. The highest BCUT2D eigenvalue weighted by Crippen LogP contribution is 1.96. The van der Waals surface area contributed by atoms with Crippen LogP contribution >= 0.6 is 0 Å². The first-order valence-corrected chi connectivity index (χ1v) is 5.11. The first-order valence-electron chi connectivity index (χ1n) is 5.11. The summed E-state index contributed by atoms with van der Waals surface area (Å²) in [6.45, 7) is 3.18. The predicted molar refractivity (Wildman–Crippen MR) is 57.9 cm³/mol. The van der Waals surface area contributed by atoms with Crippen molar-refractivity contribution in [3.8, 4) is 0 Å². The van der Waals surface area contributed by atoms with E-state index in [9.17, 15) is 9.59 Å². The van der Waals surface area contributed by atoms with Crippen LogP contribution < -0.4 is 5.32 Å². The summed E-state index contributed by atoms with van der Waals surface area (Å²) >= 11 is 0. The summed E-state index contributed by atoms with van der Waals surface area (Å²) in [4.78, 5) is 24.0. The average molecular weight is 216 g/mol. The molecule has 1 atom stereocenters. The number of nitrogens with one attached hydrogen (secondary N) is 1. The van der Waals surface area contributed by atoms with Gasteiger partial charge in [-0.1, -0.05) is 6.92 Å². The number of nitrogens with zero attached hydrogens (tertiary/aromatic N) is 1. The van der Waals surface area contributed by atoms with Crippen molar-refractivity contribution >= 4 is 11.8 Å². The van der Waals surface area contributed by atoms with Gasteiger partial charge in [0.15, 0.2) is 5.78 Å². The van der Waals surface area contributed by atoms with E-state index < -0.39 is 12.0 Å². The molecule has 0 radical (unpaired) electrons. The maximum Gasteiger partial charge on any atom is 0.305 e. The summed E-state index contributed by atoms with van der Waals surface area (Å²) < 4.78 is 0. The molecule has 0 spiro atoms. The van der Waals surface area contributed by atoms with Crippen molar-refractivity contribution in [3.05, 3.63) is 0 Å². The van der Waals surface area contributed by atoms with Gasteiger partial charge in [0, 0.05) is 0 Å². The summed E-state index contributed by atoms with van der Waals surface area (Å²) in [6.07, 6.45) is 0.822. The molecule has 0 saturated carbocycles. The van der Waals surface area contributed by atoms with Crippen LogP contribution in [0.25, 0.3) is 0 Å². The minimum atomic E-state index is -0.958. The second kappa shape index (κ2) is 7.36. The van der Waals surface area contributed by atoms with Crippen LogP contribution in [0, 0.1) is 0 Å². The molecule has 0 bridgehead atoms. The van der Waals surface area contributed by atoms with Crippen molar-refractivity contribution in [1.29, 1.82) is 0 Å². The number of likely N-dealkylation sites (N-methyl/N-ethyl adjacent to an activating group) is 2. The Bertz CT molecular complexity index is 219. The lowest BCUT2D eigenvalue weighted by Gasteiger charge is -2.18. The van der Waals surface area contributed by atoms with Crippen LogP contribution in [0.15, 0.2) is 0 Å². The van der Waals surface area contributed by atoms with Crippen molar-refractivity contribution in [1.82, 2.24) is 10.2 Å². The van der Waals surface area contributed by atoms with E-state index in [0.717, 1.165) is 13.0 Å². The Balaban J connectivity index is 4.09. The third-order valence-corrected chi connectivity index (χ3v) is 2.15. The first-order chi connectivity index (χ1) is 7.01. The van der Waals surface area contributed by atoms with E-state index in [-0.39, 0.29) is 12.2 Å². The van der Waals surface area contributed by atoms with E-state index in [1.165, 1.54) is 0 Å². The standard InChI is InChI=1S/C10H20N2O3/c1-4-5-12(3)7-9(13)8(11-2)6-10(14)15/h8,11H,4-7H2,1-3H3,(H,14,15). The topological polar surface area (TPSA) is 69.6 Å². The van der Waals surface area contributed by atoms with Gasteiger partial charge in [0.05, 0.1) is 19.0 Å². The van der Waals surface area contributed by atoms with Gasteiger partial charge in [0.25, 0.3) is 0 Å². The number of carboxylic acid groups (broad SMARTS) is 1. The lowest BCUT2D eigenvalue weighted by atomic mass is 10.1. The zero-order valence-corrected chi connectivity index (χ0v) is 9.62. The van der Waals surface area contributed by atoms with Crippen LogP contribution in [-0.4, -0.2) is 55.0 Å². The molecule has 0 aromatic carbocycles. The Morgan fingerprint density at radius 1 is 1.47 bits per heavy atom. The number of ketones is 1. The highest BCUT2D eigenvalue weighted by atomic mass is 16.4. The molecule has 0 aliphatic heterocycles. The second-order valence-electron chi connectivity index (χ2n) is 3.64. The molecule has 1 unspecified atom stereocenters. The predicted octanol–water partition coefficient (Wildman–Crippen LogP) is -0.0400. The molecule has 0 aromatic rings. The van der Waals surface area contributed by atoms with Crippen LogP contribution in [-0.2, 0) is 9.59 Å². The quantitative estimate of drug-likeness (QED) is 0.596. The fraction of sp³-hybridized carbons (Fsp3) is 0.800. The number of hydrogen-bond acceptors (Lipinski definition) is 4. The first kappa shape index (κ1) is 14.1. The van der Waals surface area contributed by atoms with Gasteiger partial charge in [0.2, 0.25) is 0 Å². The number of hydrogen-bond donors (Lipinski definition) is 2. The van der Waals surface area contributed by atoms with E-state index in [1.807, 2.05) is 18.9 Å². The highest BCUT2D eigenvalue weighted by Gasteiger charge is 2.20. The van der Waals surface area contributed by atoms with E-state index in [0.29, 0.717) is 6.54 Å². The van der Waals surface area contributed by atoms with Crippen molar-refractivity contribution in [2.24, 2.45) is 0 Å². The fourth-order valence-electron chi connectivity index (χ4n) is 1.39. The van der Waals surface area contributed by atoms with Gasteiger partial charge in [-0.2, -0.15) is 0 Å². The molecular formula is C10H20N2O3. The molecule has 5 nitrogen and oxygen atoms in total. The molecule has 0 heterocycles. The number of carbonyl (C=O) groups excluding carboxylic acids is 1. The van der Waals surface area contributed by atoms with Gasteiger partial charge in [0.1, 0.15) is 0 Å². The molecule has 0 aliphatic rings. The van der Waals surface area contributed by atoms with Crippen molar-refractivity contribution in [2.45, 2.75) is 25.8 Å².